The Morgan fingerprint density at radius 2 is 2.00 bits per heavy atom. The molecule has 1 saturated carbocycles. The van der Waals surface area contributed by atoms with E-state index in [4.69, 9.17) is 18.5 Å². The highest BCUT2D eigenvalue weighted by molar-refractivity contribution is 7.52. The van der Waals surface area contributed by atoms with E-state index in [9.17, 15) is 28.4 Å². The summed E-state index contributed by atoms with van der Waals surface area (Å²) in [7, 11) is -4.27. The predicted octanol–water partition coefficient (Wildman–Crippen LogP) is 1.21. The van der Waals surface area contributed by atoms with E-state index in [0.717, 1.165) is 4.57 Å². The molecule has 1 aromatic carbocycles. The summed E-state index contributed by atoms with van der Waals surface area (Å²) in [5, 5.41) is 13.5. The zero-order chi connectivity index (χ0) is 25.5. The highest BCUT2D eigenvalue weighted by Gasteiger charge is 2.74. The van der Waals surface area contributed by atoms with Crippen molar-refractivity contribution in [2.75, 3.05) is 0 Å². The van der Waals surface area contributed by atoms with Gasteiger partial charge in [-0.1, -0.05) is 18.2 Å². The molecule has 190 valence electrons. The maximum Gasteiger partial charge on any atom is 0.459 e. The zero-order valence-corrected chi connectivity index (χ0v) is 19.9. The fraction of sp³-hybridized carbons (Fsp3) is 0.476. The molecule has 2 aromatic rings. The fourth-order valence-electron chi connectivity index (χ4n) is 3.74. The molecule has 1 saturated heterocycles. The Labute approximate surface area is 198 Å². The number of nitrogens with one attached hydrogen (secondary N) is 2. The number of rotatable bonds is 9. The monoisotopic (exact) mass is 513 g/mol. The number of aromatic amines is 1. The molecule has 1 aliphatic carbocycles. The number of aliphatic hydroxyl groups is 1. The molecular weight excluding hydrogens is 488 g/mol. The maximum atomic E-state index is 13.6. The van der Waals surface area contributed by atoms with E-state index in [1.165, 1.54) is 19.1 Å². The van der Waals surface area contributed by atoms with Gasteiger partial charge in [-0.25, -0.2) is 9.36 Å². The van der Waals surface area contributed by atoms with E-state index < -0.39 is 67.0 Å². The lowest BCUT2D eigenvalue weighted by Crippen LogP contribution is -2.37. The number of halogens is 1. The highest BCUT2D eigenvalue weighted by Crippen LogP contribution is 2.60. The van der Waals surface area contributed by atoms with Crippen LogP contribution in [0.1, 0.15) is 33.4 Å². The summed E-state index contributed by atoms with van der Waals surface area (Å²) < 4.78 is 50.0. The predicted molar refractivity (Wildman–Crippen MR) is 118 cm³/mol. The molecule has 35 heavy (non-hydrogen) atoms. The number of ether oxygens (including phenoxy) is 2. The summed E-state index contributed by atoms with van der Waals surface area (Å²) in [6.45, 7) is 4.74. The zero-order valence-electron chi connectivity index (χ0n) is 19.0. The third-order valence-electron chi connectivity index (χ3n) is 5.47. The van der Waals surface area contributed by atoms with Crippen molar-refractivity contribution >= 4 is 13.7 Å². The Morgan fingerprint density at radius 3 is 2.60 bits per heavy atom. The molecule has 6 unspecified atom stereocenters. The SMILES string of the molecule is CC(C)OC(=O)C(C)NP(=O)(Oc1ccccc1)OC1C2OC(n3cc(F)c(=O)[nH]c3=O)CC21O. The second-order valence-electron chi connectivity index (χ2n) is 8.61. The number of carbonyl (C=O) groups is 1. The third kappa shape index (κ3) is 5.24. The van der Waals surface area contributed by atoms with Gasteiger partial charge in [0.1, 0.15) is 35.8 Å². The van der Waals surface area contributed by atoms with Crippen molar-refractivity contribution in [1.82, 2.24) is 14.6 Å². The molecule has 0 radical (unpaired) electrons. The van der Waals surface area contributed by atoms with E-state index >= 15 is 0 Å². The summed E-state index contributed by atoms with van der Waals surface area (Å²) in [6.07, 6.45) is -3.20. The number of para-hydroxylation sites is 1. The normalized spacial score (nSPS) is 27.7. The molecule has 1 aliphatic heterocycles. The van der Waals surface area contributed by atoms with Gasteiger partial charge in [-0.3, -0.25) is 23.7 Å². The molecule has 0 amide bonds. The minimum Gasteiger partial charge on any atom is -0.462 e. The lowest BCUT2D eigenvalue weighted by molar-refractivity contribution is -0.149. The number of fused-ring (bicyclic) bond motifs is 1. The number of carbonyl (C=O) groups excluding carboxylic acids is 1. The second kappa shape index (κ2) is 9.32. The maximum absolute atomic E-state index is 13.6. The van der Waals surface area contributed by atoms with E-state index in [1.54, 1.807) is 32.0 Å². The standard InChI is InChI=1S/C21H25FN3O9P/c1-11(2)31-19(27)12(3)24-35(30,33-13-7-5-4-6-8-13)34-17-16-21(17,29)9-15(32-16)25-10-14(22)18(26)23-20(25)28/h4-8,10-12,15-17,29H,9H2,1-3H3,(H,24,30)(H,23,26,28). The molecule has 2 heterocycles. The Hall–Kier alpha value is -2.83. The van der Waals surface area contributed by atoms with Crippen LogP contribution >= 0.6 is 7.75 Å². The van der Waals surface area contributed by atoms with Gasteiger partial charge in [0.2, 0.25) is 5.82 Å². The number of nitrogens with zero attached hydrogens (tertiary/aromatic N) is 1. The first kappa shape index (κ1) is 25.3. The van der Waals surface area contributed by atoms with Crippen LogP contribution in [0.2, 0.25) is 0 Å². The molecular formula is C21H25FN3O9P. The van der Waals surface area contributed by atoms with Crippen LogP contribution in [0, 0.1) is 5.82 Å². The van der Waals surface area contributed by atoms with Gasteiger partial charge < -0.3 is 19.1 Å². The van der Waals surface area contributed by atoms with Crippen LogP contribution in [0.25, 0.3) is 0 Å². The summed E-state index contributed by atoms with van der Waals surface area (Å²) in [6, 6.07) is 6.98. The number of hydrogen-bond acceptors (Lipinski definition) is 9. The van der Waals surface area contributed by atoms with Gasteiger partial charge in [-0.05, 0) is 32.9 Å². The number of benzene rings is 1. The average Bonchev–Trinajstić information content (AvgIpc) is 3.10. The fourth-order valence-corrected chi connectivity index (χ4v) is 5.46. The lowest BCUT2D eigenvalue weighted by Gasteiger charge is -2.25. The minimum atomic E-state index is -4.27. The van der Waals surface area contributed by atoms with Gasteiger partial charge in [0, 0.05) is 6.42 Å². The first-order valence-corrected chi connectivity index (χ1v) is 12.4. The quantitative estimate of drug-likeness (QED) is 0.329. The van der Waals surface area contributed by atoms with Crippen molar-refractivity contribution in [1.29, 1.82) is 0 Å². The minimum absolute atomic E-state index is 0.180. The van der Waals surface area contributed by atoms with Gasteiger partial charge in [-0.2, -0.15) is 9.48 Å². The molecule has 0 bridgehead atoms. The van der Waals surface area contributed by atoms with Crippen molar-refractivity contribution < 1.29 is 37.4 Å². The van der Waals surface area contributed by atoms with Crippen LogP contribution in [0.15, 0.2) is 46.1 Å². The Balaban J connectivity index is 1.50. The Bertz CT molecular complexity index is 1270. The molecule has 0 spiro atoms. The van der Waals surface area contributed by atoms with Crippen molar-refractivity contribution in [3.05, 3.63) is 63.2 Å². The van der Waals surface area contributed by atoms with Crippen LogP contribution in [0.5, 0.6) is 5.75 Å². The number of aromatic nitrogens is 2. The van der Waals surface area contributed by atoms with E-state index in [2.05, 4.69) is 5.09 Å². The van der Waals surface area contributed by atoms with E-state index in [-0.39, 0.29) is 12.2 Å². The number of H-pyrrole nitrogens is 1. The van der Waals surface area contributed by atoms with Gasteiger partial charge in [0.05, 0.1) is 12.3 Å². The first-order chi connectivity index (χ1) is 16.4. The van der Waals surface area contributed by atoms with Crippen molar-refractivity contribution in [2.24, 2.45) is 0 Å². The first-order valence-electron chi connectivity index (χ1n) is 10.8. The highest BCUT2D eigenvalue weighted by atomic mass is 31.2. The molecule has 4 rings (SSSR count). The largest absolute Gasteiger partial charge is 0.462 e. The van der Waals surface area contributed by atoms with Crippen LogP contribution in [-0.4, -0.2) is 50.6 Å². The van der Waals surface area contributed by atoms with Gasteiger partial charge in [0.25, 0.3) is 5.56 Å². The van der Waals surface area contributed by atoms with Crippen molar-refractivity contribution in [2.45, 2.75) is 63.4 Å². The number of hydrogen-bond donors (Lipinski definition) is 3. The summed E-state index contributed by atoms with van der Waals surface area (Å²) in [5.41, 5.74) is -3.76. The average molecular weight is 513 g/mol. The van der Waals surface area contributed by atoms with Crippen LogP contribution in [-0.2, 0) is 23.4 Å². The van der Waals surface area contributed by atoms with Crippen LogP contribution < -0.4 is 20.9 Å². The summed E-state index contributed by atoms with van der Waals surface area (Å²) >= 11 is 0. The molecule has 2 aliphatic rings. The van der Waals surface area contributed by atoms with Crippen molar-refractivity contribution in [3.8, 4) is 5.75 Å². The molecule has 12 nitrogen and oxygen atoms in total. The molecule has 14 heteroatoms. The van der Waals surface area contributed by atoms with Crippen molar-refractivity contribution in [3.63, 3.8) is 0 Å². The van der Waals surface area contributed by atoms with Gasteiger partial charge in [0.15, 0.2) is 0 Å². The topological polar surface area (TPSA) is 158 Å². The van der Waals surface area contributed by atoms with E-state index in [0.29, 0.717) is 6.20 Å². The van der Waals surface area contributed by atoms with Gasteiger partial charge in [-0.15, -0.1) is 0 Å². The van der Waals surface area contributed by atoms with Crippen LogP contribution in [0.4, 0.5) is 4.39 Å². The molecule has 6 atom stereocenters. The summed E-state index contributed by atoms with van der Waals surface area (Å²) in [4.78, 5) is 37.3. The summed E-state index contributed by atoms with van der Waals surface area (Å²) in [5.74, 6) is -1.70. The Morgan fingerprint density at radius 1 is 1.31 bits per heavy atom. The van der Waals surface area contributed by atoms with Crippen LogP contribution in [0.3, 0.4) is 0 Å². The molecule has 3 N–H and O–H groups in total. The second-order valence-corrected chi connectivity index (χ2v) is 10.3. The Kier molecular flexibility index (Phi) is 6.73. The molecule has 1 aromatic heterocycles. The number of esters is 1. The molecule has 2 fully saturated rings. The lowest BCUT2D eigenvalue weighted by atomic mass is 10.2. The third-order valence-corrected chi connectivity index (χ3v) is 7.13. The van der Waals surface area contributed by atoms with Gasteiger partial charge >= 0.3 is 19.4 Å². The smallest absolute Gasteiger partial charge is 0.459 e. The van der Waals surface area contributed by atoms with E-state index in [1.807, 2.05) is 4.98 Å².